The Balaban J connectivity index is 1.36. The summed E-state index contributed by atoms with van der Waals surface area (Å²) in [7, 11) is 0. The quantitative estimate of drug-likeness (QED) is 0.222. The van der Waals surface area contributed by atoms with E-state index in [0.717, 1.165) is 38.8 Å². The number of carbonyl (C=O) groups excluding carboxylic acids is 1. The molecule has 194 valence electrons. The van der Waals surface area contributed by atoms with Crippen LogP contribution in [-0.4, -0.2) is 31.1 Å². The molecule has 0 fully saturated rings. The van der Waals surface area contributed by atoms with Gasteiger partial charge in [-0.05, 0) is 59.0 Å². The van der Waals surface area contributed by atoms with Crippen LogP contribution in [0.25, 0.3) is 55.7 Å². The van der Waals surface area contributed by atoms with Crippen molar-refractivity contribution in [1.82, 2.24) is 25.1 Å². The standard InChI is InChI=1S/C31H27FN6O/c1-31(2,3)15-28(39)34-21-13-19(16-33-17-21)24-11-12-26-29(36-24)30(38-37-26)27-14-23-22(5-4-6-25(23)35-27)18-7-9-20(32)10-8-18/h4-14,16-17,35H,15H2,1-3H3,(H,34,39)(H,37,38). The average molecular weight is 519 g/mol. The summed E-state index contributed by atoms with van der Waals surface area (Å²) >= 11 is 0. The van der Waals surface area contributed by atoms with Gasteiger partial charge in [0.2, 0.25) is 5.91 Å². The van der Waals surface area contributed by atoms with Gasteiger partial charge in [-0.15, -0.1) is 0 Å². The van der Waals surface area contributed by atoms with Crippen LogP contribution in [-0.2, 0) is 4.79 Å². The zero-order chi connectivity index (χ0) is 27.1. The van der Waals surface area contributed by atoms with E-state index < -0.39 is 0 Å². The van der Waals surface area contributed by atoms with Gasteiger partial charge in [0.25, 0.3) is 0 Å². The lowest BCUT2D eigenvalue weighted by atomic mass is 9.92. The van der Waals surface area contributed by atoms with Crippen LogP contribution in [0.5, 0.6) is 0 Å². The number of hydrogen-bond donors (Lipinski definition) is 3. The lowest BCUT2D eigenvalue weighted by Gasteiger charge is -2.17. The molecule has 0 bridgehead atoms. The highest BCUT2D eigenvalue weighted by Gasteiger charge is 2.18. The number of anilines is 1. The van der Waals surface area contributed by atoms with Gasteiger partial charge in [-0.2, -0.15) is 5.10 Å². The highest BCUT2D eigenvalue weighted by atomic mass is 19.1. The minimum absolute atomic E-state index is 0.0548. The highest BCUT2D eigenvalue weighted by Crippen LogP contribution is 2.34. The number of halogens is 1. The number of carbonyl (C=O) groups is 1. The smallest absolute Gasteiger partial charge is 0.224 e. The van der Waals surface area contributed by atoms with Crippen LogP contribution in [0.15, 0.2) is 79.1 Å². The van der Waals surface area contributed by atoms with Crippen molar-refractivity contribution in [2.45, 2.75) is 27.2 Å². The van der Waals surface area contributed by atoms with E-state index in [1.54, 1.807) is 24.5 Å². The number of fused-ring (bicyclic) bond motifs is 2. The van der Waals surface area contributed by atoms with Gasteiger partial charge >= 0.3 is 0 Å². The number of aromatic amines is 2. The normalized spacial score (nSPS) is 11.8. The molecule has 0 radical (unpaired) electrons. The first-order valence-corrected chi connectivity index (χ1v) is 12.7. The van der Waals surface area contributed by atoms with Crippen LogP contribution < -0.4 is 5.32 Å². The number of H-pyrrole nitrogens is 2. The number of nitrogens with one attached hydrogen (secondary N) is 3. The molecule has 0 atom stereocenters. The molecule has 4 heterocycles. The number of hydrogen-bond acceptors (Lipinski definition) is 4. The lowest BCUT2D eigenvalue weighted by molar-refractivity contribution is -0.117. The molecule has 0 aliphatic rings. The second-order valence-electron chi connectivity index (χ2n) is 10.9. The van der Waals surface area contributed by atoms with E-state index in [9.17, 15) is 9.18 Å². The zero-order valence-corrected chi connectivity index (χ0v) is 21.8. The van der Waals surface area contributed by atoms with E-state index in [4.69, 9.17) is 4.98 Å². The van der Waals surface area contributed by atoms with Gasteiger partial charge in [0.15, 0.2) is 0 Å². The minimum Gasteiger partial charge on any atom is -0.353 e. The van der Waals surface area contributed by atoms with Gasteiger partial charge < -0.3 is 10.3 Å². The molecule has 6 aromatic rings. The number of nitrogens with zero attached hydrogens (tertiary/aromatic N) is 3. The van der Waals surface area contributed by atoms with Gasteiger partial charge in [0.05, 0.1) is 28.8 Å². The van der Waals surface area contributed by atoms with Crippen LogP contribution in [0.3, 0.4) is 0 Å². The van der Waals surface area contributed by atoms with Crippen LogP contribution in [0.4, 0.5) is 10.1 Å². The topological polar surface area (TPSA) is 99.4 Å². The predicted molar refractivity (Wildman–Crippen MR) is 153 cm³/mol. The van der Waals surface area contributed by atoms with Crippen LogP contribution in [0.2, 0.25) is 0 Å². The largest absolute Gasteiger partial charge is 0.353 e. The van der Waals surface area contributed by atoms with Crippen molar-refractivity contribution in [2.24, 2.45) is 5.41 Å². The molecule has 0 saturated carbocycles. The van der Waals surface area contributed by atoms with E-state index >= 15 is 0 Å². The summed E-state index contributed by atoms with van der Waals surface area (Å²) < 4.78 is 13.5. The molecule has 0 unspecified atom stereocenters. The summed E-state index contributed by atoms with van der Waals surface area (Å²) in [4.78, 5) is 25.1. The molecule has 2 aromatic carbocycles. The van der Waals surface area contributed by atoms with Crippen LogP contribution in [0.1, 0.15) is 27.2 Å². The second-order valence-corrected chi connectivity index (χ2v) is 10.9. The Morgan fingerprint density at radius 1 is 0.949 bits per heavy atom. The maximum Gasteiger partial charge on any atom is 0.224 e. The number of benzene rings is 2. The SMILES string of the molecule is CC(C)(C)CC(=O)Nc1cncc(-c2ccc3[nH]nc(-c4cc5c(-c6ccc(F)cc6)cccc5[nH]4)c3n2)c1. The van der Waals surface area contributed by atoms with Crippen molar-refractivity contribution in [2.75, 3.05) is 5.32 Å². The molecule has 0 spiro atoms. The maximum absolute atomic E-state index is 13.5. The van der Waals surface area contributed by atoms with Crippen molar-refractivity contribution < 1.29 is 9.18 Å². The van der Waals surface area contributed by atoms with Crippen molar-refractivity contribution in [3.05, 3.63) is 84.9 Å². The lowest BCUT2D eigenvalue weighted by Crippen LogP contribution is -2.19. The molecule has 7 nitrogen and oxygen atoms in total. The third kappa shape index (κ3) is 5.01. The van der Waals surface area contributed by atoms with Gasteiger partial charge in [-0.1, -0.05) is 45.0 Å². The summed E-state index contributed by atoms with van der Waals surface area (Å²) in [5, 5.41) is 11.6. The fourth-order valence-corrected chi connectivity index (χ4v) is 4.75. The fourth-order valence-electron chi connectivity index (χ4n) is 4.75. The van der Waals surface area contributed by atoms with Gasteiger partial charge in [0, 0.05) is 29.1 Å². The minimum atomic E-state index is -0.265. The highest BCUT2D eigenvalue weighted by molar-refractivity contribution is 6.00. The molecule has 8 heteroatoms. The van der Waals surface area contributed by atoms with Crippen molar-refractivity contribution in [1.29, 1.82) is 0 Å². The second kappa shape index (κ2) is 9.47. The molecule has 0 aliphatic carbocycles. The average Bonchev–Trinajstić information content (AvgIpc) is 3.52. The van der Waals surface area contributed by atoms with E-state index in [2.05, 4.69) is 25.5 Å². The molecule has 39 heavy (non-hydrogen) atoms. The molecule has 3 N–H and O–H groups in total. The predicted octanol–water partition coefficient (Wildman–Crippen LogP) is 7.35. The first-order chi connectivity index (χ1) is 18.7. The van der Waals surface area contributed by atoms with Crippen LogP contribution in [0, 0.1) is 11.2 Å². The third-order valence-electron chi connectivity index (χ3n) is 6.49. The first-order valence-electron chi connectivity index (χ1n) is 12.7. The Kier molecular flexibility index (Phi) is 5.95. The molecule has 6 rings (SSSR count). The number of aromatic nitrogens is 5. The molecular formula is C31H27FN6O. The zero-order valence-electron chi connectivity index (χ0n) is 21.8. The number of rotatable bonds is 5. The molecule has 1 amide bonds. The van der Waals surface area contributed by atoms with Gasteiger partial charge in [-0.25, -0.2) is 9.37 Å². The number of pyridine rings is 2. The Morgan fingerprint density at radius 3 is 2.56 bits per heavy atom. The number of amides is 1. The Labute approximate surface area is 224 Å². The summed E-state index contributed by atoms with van der Waals surface area (Å²) in [6, 6.07) is 20.3. The Hall–Kier alpha value is -4.85. The fraction of sp³-hybridized carbons (Fsp3) is 0.161. The van der Waals surface area contributed by atoms with Crippen molar-refractivity contribution in [3.8, 4) is 33.8 Å². The van der Waals surface area contributed by atoms with Crippen LogP contribution >= 0.6 is 0 Å². The van der Waals surface area contributed by atoms with E-state index in [1.165, 1.54) is 12.1 Å². The van der Waals surface area contributed by atoms with Gasteiger partial charge in [-0.3, -0.25) is 14.9 Å². The first kappa shape index (κ1) is 24.5. The van der Waals surface area contributed by atoms with Gasteiger partial charge in [0.1, 0.15) is 17.0 Å². The van der Waals surface area contributed by atoms with E-state index in [0.29, 0.717) is 29.0 Å². The Bertz CT molecular complexity index is 1830. The monoisotopic (exact) mass is 518 g/mol. The summed E-state index contributed by atoms with van der Waals surface area (Å²) in [5.74, 6) is -0.320. The molecule has 0 aliphatic heterocycles. The third-order valence-corrected chi connectivity index (χ3v) is 6.49. The van der Waals surface area contributed by atoms with Crippen molar-refractivity contribution in [3.63, 3.8) is 0 Å². The Morgan fingerprint density at radius 2 is 1.77 bits per heavy atom. The summed E-state index contributed by atoms with van der Waals surface area (Å²) in [6.45, 7) is 6.08. The maximum atomic E-state index is 13.5. The molecule has 0 saturated heterocycles. The summed E-state index contributed by atoms with van der Waals surface area (Å²) in [5.41, 5.74) is 7.91. The summed E-state index contributed by atoms with van der Waals surface area (Å²) in [6.07, 6.45) is 3.77. The van der Waals surface area contributed by atoms with E-state index in [-0.39, 0.29) is 17.1 Å². The van der Waals surface area contributed by atoms with Crippen molar-refractivity contribution >= 4 is 33.5 Å². The molecule has 4 aromatic heterocycles. The van der Waals surface area contributed by atoms with E-state index in [1.807, 2.05) is 63.2 Å². The molecular weight excluding hydrogens is 491 g/mol.